The van der Waals surface area contributed by atoms with Crippen molar-refractivity contribution in [1.82, 2.24) is 15.0 Å². The summed E-state index contributed by atoms with van der Waals surface area (Å²) in [5.41, 5.74) is 4.56. The summed E-state index contributed by atoms with van der Waals surface area (Å²) in [5, 5.41) is 4.91. The maximum Gasteiger partial charge on any atom is 0.143 e. The quantitative estimate of drug-likeness (QED) is 0.694. The first-order chi connectivity index (χ1) is 14.8. The molecule has 5 rings (SSSR count). The van der Waals surface area contributed by atoms with Crippen LogP contribution >= 0.6 is 0 Å². The molecule has 0 bridgehead atoms. The molecule has 1 unspecified atom stereocenters. The zero-order valence-electron chi connectivity index (χ0n) is 17.7. The first-order valence-corrected chi connectivity index (χ1v) is 11.3. The number of nitrogens with one attached hydrogen (secondary N) is 2. The van der Waals surface area contributed by atoms with Crippen molar-refractivity contribution in [2.24, 2.45) is 11.8 Å². The molecular formula is C25H30N4O. The molecule has 156 valence electrons. The Morgan fingerprint density at radius 3 is 2.77 bits per heavy atom. The highest BCUT2D eigenvalue weighted by Gasteiger charge is 2.36. The van der Waals surface area contributed by atoms with E-state index in [9.17, 15) is 0 Å². The van der Waals surface area contributed by atoms with Crippen molar-refractivity contribution in [3.8, 4) is 12.3 Å². The van der Waals surface area contributed by atoms with Crippen LogP contribution in [-0.2, 0) is 4.74 Å². The Bertz CT molecular complexity index is 1020. The maximum atomic E-state index is 5.92. The summed E-state index contributed by atoms with van der Waals surface area (Å²) in [6, 6.07) is 2.39. The molecule has 30 heavy (non-hydrogen) atoms. The molecule has 1 aliphatic heterocycles. The number of fused-ring (bicyclic) bond motifs is 1. The van der Waals surface area contributed by atoms with E-state index >= 15 is 0 Å². The number of ether oxygens (including phenoxy) is 1. The van der Waals surface area contributed by atoms with Crippen molar-refractivity contribution in [3.05, 3.63) is 41.4 Å². The van der Waals surface area contributed by atoms with E-state index in [-0.39, 0.29) is 6.04 Å². The lowest BCUT2D eigenvalue weighted by Crippen LogP contribution is -2.40. The Balaban J connectivity index is 1.53. The van der Waals surface area contributed by atoms with Gasteiger partial charge in [0.25, 0.3) is 0 Å². The molecule has 2 aromatic rings. The first-order valence-electron chi connectivity index (χ1n) is 11.3. The lowest BCUT2D eigenvalue weighted by molar-refractivity contribution is 0.0423. The van der Waals surface area contributed by atoms with Crippen LogP contribution in [0, 0.1) is 24.2 Å². The minimum Gasteiger partial charge on any atom is -0.381 e. The van der Waals surface area contributed by atoms with Gasteiger partial charge in [-0.2, -0.15) is 0 Å². The van der Waals surface area contributed by atoms with E-state index in [2.05, 4.69) is 51.3 Å². The average Bonchev–Trinajstić information content (AvgIpc) is 3.54. The number of aromatic amines is 1. The van der Waals surface area contributed by atoms with Crippen molar-refractivity contribution in [2.45, 2.75) is 57.4 Å². The molecule has 2 N–H and O–H groups in total. The standard InChI is InChI=1S/C25H30N4O/c1-3-5-19-16(4-2)8-9-20(17-10-12-30-13-11-17)23(19)29-25-21-14-22(18-6-7-18)28-24(21)26-15-27-25/h2-3,5,14-15,17-18,20,23H,6-13H2,1H3,(H2,26,27,28,29)/b5-3-/t20?,23-/m0/s1. The van der Waals surface area contributed by atoms with E-state index in [4.69, 9.17) is 11.2 Å². The lowest BCUT2D eigenvalue weighted by Gasteiger charge is -2.40. The third-order valence-corrected chi connectivity index (χ3v) is 6.99. The molecule has 0 spiro atoms. The number of hydrogen-bond acceptors (Lipinski definition) is 4. The van der Waals surface area contributed by atoms with Crippen LogP contribution < -0.4 is 5.32 Å². The van der Waals surface area contributed by atoms with Gasteiger partial charge in [-0.1, -0.05) is 18.1 Å². The predicted molar refractivity (Wildman–Crippen MR) is 120 cm³/mol. The Morgan fingerprint density at radius 1 is 1.20 bits per heavy atom. The molecule has 5 nitrogen and oxygen atoms in total. The van der Waals surface area contributed by atoms with Gasteiger partial charge in [-0.05, 0) is 74.8 Å². The second-order valence-electron chi connectivity index (χ2n) is 8.84. The van der Waals surface area contributed by atoms with Crippen molar-refractivity contribution in [1.29, 1.82) is 0 Å². The van der Waals surface area contributed by atoms with Crippen molar-refractivity contribution in [3.63, 3.8) is 0 Å². The summed E-state index contributed by atoms with van der Waals surface area (Å²) in [6.07, 6.45) is 18.7. The molecule has 3 aliphatic rings. The molecule has 2 aliphatic carbocycles. The SMILES string of the molecule is C#CC1=C(/C=C\C)[C@H](Nc2ncnc3[nH]c(C4CC4)cc23)C(C2CCOCC2)CC1. The molecule has 2 fully saturated rings. The van der Waals surface area contributed by atoms with Crippen molar-refractivity contribution in [2.75, 3.05) is 18.5 Å². The van der Waals surface area contributed by atoms with Gasteiger partial charge in [0.1, 0.15) is 17.8 Å². The number of H-pyrrole nitrogens is 1. The van der Waals surface area contributed by atoms with Crippen LogP contribution in [0.5, 0.6) is 0 Å². The number of anilines is 1. The van der Waals surface area contributed by atoms with Gasteiger partial charge < -0.3 is 15.0 Å². The molecule has 0 amide bonds. The molecule has 0 aromatic carbocycles. The maximum absolute atomic E-state index is 5.92. The summed E-state index contributed by atoms with van der Waals surface area (Å²) in [7, 11) is 0. The van der Waals surface area contributed by atoms with Gasteiger partial charge in [0.15, 0.2) is 0 Å². The van der Waals surface area contributed by atoms with Crippen LogP contribution in [0.4, 0.5) is 5.82 Å². The van der Waals surface area contributed by atoms with Gasteiger partial charge in [0.2, 0.25) is 0 Å². The molecule has 2 aromatic heterocycles. The molecule has 5 heteroatoms. The van der Waals surface area contributed by atoms with E-state index < -0.39 is 0 Å². The fourth-order valence-corrected chi connectivity index (χ4v) is 5.25. The number of terminal acetylenes is 1. The fourth-order valence-electron chi connectivity index (χ4n) is 5.25. The Kier molecular flexibility index (Phi) is 5.35. The summed E-state index contributed by atoms with van der Waals surface area (Å²) < 4.78 is 5.65. The highest BCUT2D eigenvalue weighted by Crippen LogP contribution is 2.43. The third-order valence-electron chi connectivity index (χ3n) is 6.99. The van der Waals surface area contributed by atoms with Crippen LogP contribution in [0.3, 0.4) is 0 Å². The van der Waals surface area contributed by atoms with Crippen LogP contribution in [0.15, 0.2) is 35.7 Å². The van der Waals surface area contributed by atoms with E-state index in [0.717, 1.165) is 61.3 Å². The smallest absolute Gasteiger partial charge is 0.143 e. The second kappa shape index (κ2) is 8.28. The lowest BCUT2D eigenvalue weighted by atomic mass is 9.71. The monoisotopic (exact) mass is 402 g/mol. The summed E-state index contributed by atoms with van der Waals surface area (Å²) in [5.74, 6) is 5.69. The minimum atomic E-state index is 0.154. The zero-order chi connectivity index (χ0) is 20.5. The van der Waals surface area contributed by atoms with Crippen molar-refractivity contribution < 1.29 is 4.74 Å². The van der Waals surface area contributed by atoms with Gasteiger partial charge in [-0.15, -0.1) is 6.42 Å². The topological polar surface area (TPSA) is 62.8 Å². The molecule has 0 radical (unpaired) electrons. The molecular weight excluding hydrogens is 372 g/mol. The van der Waals surface area contributed by atoms with Gasteiger partial charge >= 0.3 is 0 Å². The number of aromatic nitrogens is 3. The Hall–Kier alpha value is -2.58. The minimum absolute atomic E-state index is 0.154. The normalized spacial score (nSPS) is 25.7. The van der Waals surface area contributed by atoms with Crippen molar-refractivity contribution >= 4 is 16.9 Å². The number of nitrogens with zero attached hydrogens (tertiary/aromatic N) is 2. The first kappa shape index (κ1) is 19.4. The van der Waals surface area contributed by atoms with Crippen LogP contribution in [-0.4, -0.2) is 34.2 Å². The van der Waals surface area contributed by atoms with Crippen LogP contribution in [0.25, 0.3) is 11.0 Å². The number of hydrogen-bond donors (Lipinski definition) is 2. The molecule has 2 atom stereocenters. The third kappa shape index (κ3) is 3.65. The van der Waals surface area contributed by atoms with E-state index in [1.54, 1.807) is 6.33 Å². The summed E-state index contributed by atoms with van der Waals surface area (Å²) >= 11 is 0. The molecule has 1 saturated heterocycles. The summed E-state index contributed by atoms with van der Waals surface area (Å²) in [6.45, 7) is 3.78. The Morgan fingerprint density at radius 2 is 2.03 bits per heavy atom. The largest absolute Gasteiger partial charge is 0.381 e. The van der Waals surface area contributed by atoms with Gasteiger partial charge in [-0.3, -0.25) is 0 Å². The molecule has 3 heterocycles. The highest BCUT2D eigenvalue weighted by molar-refractivity contribution is 5.88. The Labute approximate surface area is 178 Å². The highest BCUT2D eigenvalue weighted by atomic mass is 16.5. The summed E-state index contributed by atoms with van der Waals surface area (Å²) in [4.78, 5) is 12.6. The second-order valence-corrected chi connectivity index (χ2v) is 8.84. The predicted octanol–water partition coefficient (Wildman–Crippen LogP) is 4.96. The number of rotatable bonds is 5. The van der Waals surface area contributed by atoms with Crippen LogP contribution in [0.2, 0.25) is 0 Å². The fraction of sp³-hybridized carbons (Fsp3) is 0.520. The van der Waals surface area contributed by atoms with E-state index in [0.29, 0.717) is 17.8 Å². The average molecular weight is 403 g/mol. The van der Waals surface area contributed by atoms with E-state index in [1.165, 1.54) is 24.1 Å². The van der Waals surface area contributed by atoms with Gasteiger partial charge in [0.05, 0.1) is 11.4 Å². The van der Waals surface area contributed by atoms with Gasteiger partial charge in [-0.25, -0.2) is 9.97 Å². The van der Waals surface area contributed by atoms with E-state index in [1.807, 2.05) is 0 Å². The molecule has 1 saturated carbocycles. The van der Waals surface area contributed by atoms with Crippen LogP contribution in [0.1, 0.15) is 57.1 Å². The number of allylic oxidation sites excluding steroid dienone is 2. The zero-order valence-corrected chi connectivity index (χ0v) is 17.7. The van der Waals surface area contributed by atoms with Gasteiger partial charge in [0, 0.05) is 24.5 Å².